The summed E-state index contributed by atoms with van der Waals surface area (Å²) in [7, 11) is 0. The Balaban J connectivity index is 1.27. The standard InChI is InChI=1S/C21H24N2O4/c24-18-11-23(17-4-2-1-3-16(17)22-18)19(25)12-27-20(26)21-8-13-5-14(9-21)7-15(6-13)10-21/h1-4,13-15H,5-12H2,(H,22,24). The lowest BCUT2D eigenvalue weighted by Crippen LogP contribution is -2.51. The van der Waals surface area contributed by atoms with Crippen LogP contribution in [0.5, 0.6) is 0 Å². The number of amides is 2. The first-order valence-electron chi connectivity index (χ1n) is 9.89. The summed E-state index contributed by atoms with van der Waals surface area (Å²) in [5.74, 6) is 1.15. The molecular weight excluding hydrogens is 344 g/mol. The fourth-order valence-corrected chi connectivity index (χ4v) is 6.17. The third-order valence-corrected chi connectivity index (χ3v) is 6.87. The van der Waals surface area contributed by atoms with Crippen LogP contribution >= 0.6 is 0 Å². The van der Waals surface area contributed by atoms with Gasteiger partial charge in [0.05, 0.1) is 16.8 Å². The van der Waals surface area contributed by atoms with Gasteiger partial charge in [-0.15, -0.1) is 0 Å². The van der Waals surface area contributed by atoms with E-state index in [9.17, 15) is 14.4 Å². The van der Waals surface area contributed by atoms with Crippen molar-refractivity contribution in [3.63, 3.8) is 0 Å². The van der Waals surface area contributed by atoms with E-state index in [1.165, 1.54) is 24.2 Å². The van der Waals surface area contributed by atoms with Crippen LogP contribution in [0.25, 0.3) is 0 Å². The Bertz CT molecular complexity index is 783. The third-order valence-electron chi connectivity index (χ3n) is 6.87. The molecule has 0 saturated heterocycles. The summed E-state index contributed by atoms with van der Waals surface area (Å²) in [4.78, 5) is 38.9. The van der Waals surface area contributed by atoms with Gasteiger partial charge < -0.3 is 10.1 Å². The minimum Gasteiger partial charge on any atom is -0.455 e. The molecule has 0 spiro atoms. The molecule has 0 radical (unpaired) electrons. The summed E-state index contributed by atoms with van der Waals surface area (Å²) >= 11 is 0. The van der Waals surface area contributed by atoms with Crippen molar-refractivity contribution in [1.29, 1.82) is 0 Å². The van der Waals surface area contributed by atoms with Crippen LogP contribution in [0, 0.1) is 23.2 Å². The summed E-state index contributed by atoms with van der Waals surface area (Å²) in [6.07, 6.45) is 6.52. The topological polar surface area (TPSA) is 75.7 Å². The second kappa shape index (κ2) is 6.08. The molecule has 4 saturated carbocycles. The minimum absolute atomic E-state index is 0.0508. The van der Waals surface area contributed by atoms with Crippen LogP contribution in [-0.4, -0.2) is 30.9 Å². The van der Waals surface area contributed by atoms with Crippen molar-refractivity contribution in [2.24, 2.45) is 23.2 Å². The van der Waals surface area contributed by atoms with Crippen molar-refractivity contribution in [2.45, 2.75) is 38.5 Å². The Hall–Kier alpha value is -2.37. The van der Waals surface area contributed by atoms with Gasteiger partial charge in [0.15, 0.2) is 6.61 Å². The molecule has 1 aromatic rings. The Labute approximate surface area is 158 Å². The number of hydrogen-bond acceptors (Lipinski definition) is 4. The molecule has 6 nitrogen and oxygen atoms in total. The predicted octanol–water partition coefficient (Wildman–Crippen LogP) is 2.73. The van der Waals surface area contributed by atoms with Gasteiger partial charge in [-0.25, -0.2) is 0 Å². The van der Waals surface area contributed by atoms with E-state index in [2.05, 4.69) is 5.32 Å². The first-order valence-corrected chi connectivity index (χ1v) is 9.89. The van der Waals surface area contributed by atoms with Gasteiger partial charge in [0.2, 0.25) is 5.91 Å². The SMILES string of the molecule is O=C1CN(C(=O)COC(=O)C23CC4CC(CC(C4)C2)C3)c2ccccc2N1. The average Bonchev–Trinajstić information content (AvgIpc) is 2.64. The zero-order valence-electron chi connectivity index (χ0n) is 15.3. The number of carbonyl (C=O) groups excluding carboxylic acids is 3. The molecule has 4 fully saturated rings. The van der Waals surface area contributed by atoms with Crippen LogP contribution in [0.2, 0.25) is 0 Å². The van der Waals surface area contributed by atoms with Crippen molar-refractivity contribution in [3.05, 3.63) is 24.3 Å². The summed E-state index contributed by atoms with van der Waals surface area (Å²) in [6, 6.07) is 7.17. The van der Waals surface area contributed by atoms with Crippen LogP contribution < -0.4 is 10.2 Å². The first kappa shape index (κ1) is 16.8. The summed E-state index contributed by atoms with van der Waals surface area (Å²) in [5, 5.41) is 2.76. The number of nitrogens with one attached hydrogen (secondary N) is 1. The molecule has 6 rings (SSSR count). The average molecular weight is 368 g/mol. The molecule has 5 aliphatic rings. The highest BCUT2D eigenvalue weighted by molar-refractivity contribution is 6.10. The quantitative estimate of drug-likeness (QED) is 0.833. The largest absolute Gasteiger partial charge is 0.455 e. The van der Waals surface area contributed by atoms with E-state index in [0.717, 1.165) is 19.3 Å². The molecule has 27 heavy (non-hydrogen) atoms. The molecule has 1 N–H and O–H groups in total. The highest BCUT2D eigenvalue weighted by Crippen LogP contribution is 2.60. The van der Waals surface area contributed by atoms with Crippen molar-refractivity contribution < 1.29 is 19.1 Å². The molecule has 4 aliphatic carbocycles. The van der Waals surface area contributed by atoms with E-state index in [4.69, 9.17) is 4.74 Å². The lowest BCUT2D eigenvalue weighted by atomic mass is 9.49. The maximum atomic E-state index is 12.9. The highest BCUT2D eigenvalue weighted by atomic mass is 16.5. The first-order chi connectivity index (χ1) is 13.0. The molecule has 0 atom stereocenters. The summed E-state index contributed by atoms with van der Waals surface area (Å²) in [5.41, 5.74) is 0.883. The van der Waals surface area contributed by atoms with Gasteiger partial charge in [-0.2, -0.15) is 0 Å². The van der Waals surface area contributed by atoms with E-state index in [1.54, 1.807) is 18.2 Å². The lowest BCUT2D eigenvalue weighted by Gasteiger charge is -2.55. The second-order valence-electron chi connectivity index (χ2n) is 8.82. The number of nitrogens with zero attached hydrogens (tertiary/aromatic N) is 1. The third kappa shape index (κ3) is 2.82. The van der Waals surface area contributed by atoms with Crippen LogP contribution in [0.3, 0.4) is 0 Å². The van der Waals surface area contributed by atoms with Crippen LogP contribution in [0.1, 0.15) is 38.5 Å². The number of carbonyl (C=O) groups is 3. The highest BCUT2D eigenvalue weighted by Gasteiger charge is 2.55. The zero-order chi connectivity index (χ0) is 18.6. The number of esters is 1. The Morgan fingerprint density at radius 1 is 1.07 bits per heavy atom. The van der Waals surface area contributed by atoms with Gasteiger partial charge in [-0.05, 0) is 68.4 Å². The van der Waals surface area contributed by atoms with Crippen molar-refractivity contribution in [1.82, 2.24) is 0 Å². The van der Waals surface area contributed by atoms with Gasteiger partial charge in [-0.1, -0.05) is 12.1 Å². The van der Waals surface area contributed by atoms with E-state index >= 15 is 0 Å². The molecule has 0 aromatic heterocycles. The number of benzene rings is 1. The maximum absolute atomic E-state index is 12.9. The number of anilines is 2. The van der Waals surface area contributed by atoms with Gasteiger partial charge in [0.1, 0.15) is 6.54 Å². The van der Waals surface area contributed by atoms with Gasteiger partial charge in [0, 0.05) is 0 Å². The van der Waals surface area contributed by atoms with Crippen LogP contribution in [0.4, 0.5) is 11.4 Å². The molecule has 4 bridgehead atoms. The van der Waals surface area contributed by atoms with Crippen LogP contribution in [-0.2, 0) is 19.1 Å². The van der Waals surface area contributed by atoms with Gasteiger partial charge in [-0.3, -0.25) is 19.3 Å². The number of para-hydroxylation sites is 2. The number of ether oxygens (including phenoxy) is 1. The fraction of sp³-hybridized carbons (Fsp3) is 0.571. The Morgan fingerprint density at radius 3 is 2.37 bits per heavy atom. The molecular formula is C21H24N2O4. The van der Waals surface area contributed by atoms with E-state index in [1.807, 2.05) is 6.07 Å². The lowest BCUT2D eigenvalue weighted by molar-refractivity contribution is -0.172. The molecule has 6 heteroatoms. The predicted molar refractivity (Wildman–Crippen MR) is 99.0 cm³/mol. The van der Waals surface area contributed by atoms with Gasteiger partial charge in [0.25, 0.3) is 5.91 Å². The summed E-state index contributed by atoms with van der Waals surface area (Å²) < 4.78 is 5.53. The van der Waals surface area contributed by atoms with Crippen molar-refractivity contribution in [3.8, 4) is 0 Å². The molecule has 1 heterocycles. The molecule has 1 aromatic carbocycles. The zero-order valence-corrected chi connectivity index (χ0v) is 15.3. The molecule has 0 unspecified atom stereocenters. The van der Waals surface area contributed by atoms with E-state index < -0.39 is 0 Å². The van der Waals surface area contributed by atoms with Crippen molar-refractivity contribution in [2.75, 3.05) is 23.4 Å². The Morgan fingerprint density at radius 2 is 1.70 bits per heavy atom. The van der Waals surface area contributed by atoms with Crippen molar-refractivity contribution >= 4 is 29.2 Å². The van der Waals surface area contributed by atoms with E-state index in [0.29, 0.717) is 29.1 Å². The minimum atomic E-state index is -0.369. The number of fused-ring (bicyclic) bond motifs is 1. The Kier molecular flexibility index (Phi) is 3.78. The monoisotopic (exact) mass is 368 g/mol. The van der Waals surface area contributed by atoms with E-state index in [-0.39, 0.29) is 36.4 Å². The maximum Gasteiger partial charge on any atom is 0.312 e. The summed E-state index contributed by atoms with van der Waals surface area (Å²) in [6.45, 7) is -0.354. The normalized spacial score (nSPS) is 33.4. The van der Waals surface area contributed by atoms with Gasteiger partial charge >= 0.3 is 5.97 Å². The molecule has 142 valence electrons. The van der Waals surface area contributed by atoms with Crippen LogP contribution in [0.15, 0.2) is 24.3 Å². The fourth-order valence-electron chi connectivity index (χ4n) is 6.17. The second-order valence-corrected chi connectivity index (χ2v) is 8.82. The smallest absolute Gasteiger partial charge is 0.312 e. The molecule has 2 amide bonds. The number of rotatable bonds is 3. The molecule has 1 aliphatic heterocycles. The number of hydrogen-bond donors (Lipinski definition) is 1.